The zero-order valence-corrected chi connectivity index (χ0v) is 13.8. The monoisotopic (exact) mass is 326 g/mol. The summed E-state index contributed by atoms with van der Waals surface area (Å²) in [6.45, 7) is 3.58. The van der Waals surface area contributed by atoms with Crippen molar-refractivity contribution in [2.75, 3.05) is 0 Å². The number of rotatable bonds is 6. The first-order chi connectivity index (χ1) is 10.4. The van der Waals surface area contributed by atoms with Gasteiger partial charge in [0.2, 0.25) is 0 Å². The Labute approximate surface area is 135 Å². The van der Waals surface area contributed by atoms with Gasteiger partial charge in [0.25, 0.3) is 0 Å². The molecule has 4 heteroatoms. The Morgan fingerprint density at radius 1 is 1.09 bits per heavy atom. The maximum atomic E-state index is 13.1. The molecule has 22 heavy (non-hydrogen) atoms. The molecule has 0 unspecified atom stereocenters. The lowest BCUT2D eigenvalue weighted by molar-refractivity contribution is -0.0875. The fourth-order valence-corrected chi connectivity index (χ4v) is 2.78. The van der Waals surface area contributed by atoms with E-state index in [1.54, 1.807) is 12.1 Å². The van der Waals surface area contributed by atoms with Crippen LogP contribution in [0.15, 0.2) is 45.7 Å². The molecule has 0 spiro atoms. The average Bonchev–Trinajstić information content (AvgIpc) is 2.46. The van der Waals surface area contributed by atoms with Gasteiger partial charge in [0.05, 0.1) is 0 Å². The largest absolute Gasteiger partial charge is 0.424 e. The van der Waals surface area contributed by atoms with Crippen molar-refractivity contribution in [1.29, 1.82) is 0 Å². The van der Waals surface area contributed by atoms with E-state index in [1.807, 2.05) is 18.2 Å². The van der Waals surface area contributed by atoms with Gasteiger partial charge in [-0.15, -0.1) is 0 Å². The van der Waals surface area contributed by atoms with Crippen LogP contribution in [-0.4, -0.2) is 6.18 Å². The Balaban J connectivity index is 2.79. The molecule has 0 aromatic heterocycles. The third-order valence-electron chi connectivity index (χ3n) is 3.02. The quantitative estimate of drug-likeness (QED) is 0.323. The van der Waals surface area contributed by atoms with Gasteiger partial charge < -0.3 is 0 Å². The first-order valence-electron chi connectivity index (χ1n) is 7.45. The predicted molar refractivity (Wildman–Crippen MR) is 87.6 cm³/mol. The summed E-state index contributed by atoms with van der Waals surface area (Å²) in [6.07, 6.45) is 0.205. The van der Waals surface area contributed by atoms with Gasteiger partial charge in [0.15, 0.2) is 0 Å². The van der Waals surface area contributed by atoms with Crippen LogP contribution < -0.4 is 0 Å². The van der Waals surface area contributed by atoms with Gasteiger partial charge in [-0.05, 0) is 25.5 Å². The summed E-state index contributed by atoms with van der Waals surface area (Å²) in [6, 6.07) is 9.04. The van der Waals surface area contributed by atoms with Crippen LogP contribution in [0.1, 0.15) is 46.0 Å². The lowest BCUT2D eigenvalue weighted by Crippen LogP contribution is -2.11. The van der Waals surface area contributed by atoms with E-state index in [-0.39, 0.29) is 4.91 Å². The minimum atomic E-state index is -4.40. The van der Waals surface area contributed by atoms with Crippen LogP contribution in [0.5, 0.6) is 0 Å². The van der Waals surface area contributed by atoms with Crippen LogP contribution in [-0.2, 0) is 0 Å². The van der Waals surface area contributed by atoms with E-state index in [9.17, 15) is 13.2 Å². The van der Waals surface area contributed by atoms with Crippen molar-refractivity contribution in [1.82, 2.24) is 0 Å². The van der Waals surface area contributed by atoms with Gasteiger partial charge in [0, 0.05) is 16.2 Å². The highest BCUT2D eigenvalue weighted by Crippen LogP contribution is 2.35. The number of benzene rings is 1. The molecule has 0 radical (unpaired) electrons. The Bertz CT molecular complexity index is 533. The zero-order valence-electron chi connectivity index (χ0n) is 13.0. The number of thioether (sulfide) groups is 1. The third-order valence-corrected chi connectivity index (χ3v) is 4.04. The van der Waals surface area contributed by atoms with Crippen LogP contribution in [0, 0.1) is 11.8 Å². The molecule has 0 aliphatic carbocycles. The number of hydrogen-bond donors (Lipinski definition) is 0. The molecule has 1 rings (SSSR count). The highest BCUT2D eigenvalue weighted by atomic mass is 32.2. The van der Waals surface area contributed by atoms with Gasteiger partial charge in [-0.25, -0.2) is 0 Å². The molecule has 0 bridgehead atoms. The van der Waals surface area contributed by atoms with Crippen molar-refractivity contribution >= 4 is 11.8 Å². The van der Waals surface area contributed by atoms with Gasteiger partial charge in [-0.2, -0.15) is 13.2 Å². The summed E-state index contributed by atoms with van der Waals surface area (Å²) in [7, 11) is 0. The Kier molecular flexibility index (Phi) is 8.19. The summed E-state index contributed by atoms with van der Waals surface area (Å²) >= 11 is 1.11. The first kappa shape index (κ1) is 18.7. The number of halogens is 3. The molecule has 0 saturated carbocycles. The molecular formula is C18H21F3S. The number of allylic oxidation sites excluding steroid dienone is 2. The molecule has 0 saturated heterocycles. The van der Waals surface area contributed by atoms with Crippen molar-refractivity contribution in [2.24, 2.45) is 0 Å². The first-order valence-corrected chi connectivity index (χ1v) is 8.26. The van der Waals surface area contributed by atoms with Crippen molar-refractivity contribution < 1.29 is 13.2 Å². The zero-order chi connectivity index (χ0) is 16.4. The van der Waals surface area contributed by atoms with Gasteiger partial charge >= 0.3 is 6.18 Å². The van der Waals surface area contributed by atoms with E-state index in [4.69, 9.17) is 0 Å². The second kappa shape index (κ2) is 9.63. The van der Waals surface area contributed by atoms with Gasteiger partial charge in [-0.3, -0.25) is 0 Å². The van der Waals surface area contributed by atoms with E-state index in [0.29, 0.717) is 6.42 Å². The normalized spacial score (nSPS) is 12.4. The SMILES string of the molecule is CCCCCCC#C/C(=C(\C)Sc1ccccc1)C(F)(F)F. The minimum absolute atomic E-state index is 0.194. The molecular weight excluding hydrogens is 305 g/mol. The number of hydrogen-bond acceptors (Lipinski definition) is 1. The van der Waals surface area contributed by atoms with Gasteiger partial charge in [-0.1, -0.05) is 68.0 Å². The summed E-state index contributed by atoms with van der Waals surface area (Å²) < 4.78 is 39.4. The number of alkyl halides is 3. The highest BCUT2D eigenvalue weighted by Gasteiger charge is 2.34. The molecule has 1 aromatic rings. The van der Waals surface area contributed by atoms with Crippen LogP contribution >= 0.6 is 11.8 Å². The van der Waals surface area contributed by atoms with E-state index in [1.165, 1.54) is 6.92 Å². The fraction of sp³-hybridized carbons (Fsp3) is 0.444. The number of unbranched alkanes of at least 4 members (excludes halogenated alkanes) is 4. The molecule has 120 valence electrons. The molecule has 0 fully saturated rings. The van der Waals surface area contributed by atoms with E-state index in [0.717, 1.165) is 42.3 Å². The average molecular weight is 326 g/mol. The highest BCUT2D eigenvalue weighted by molar-refractivity contribution is 8.03. The van der Waals surface area contributed by atoms with E-state index in [2.05, 4.69) is 18.8 Å². The molecule has 1 aromatic carbocycles. The van der Waals surface area contributed by atoms with Gasteiger partial charge in [0.1, 0.15) is 5.57 Å². The van der Waals surface area contributed by atoms with Crippen molar-refractivity contribution in [2.45, 2.75) is 57.0 Å². The molecule has 0 heterocycles. The summed E-state index contributed by atoms with van der Waals surface area (Å²) in [5.74, 6) is 5.02. The maximum Gasteiger partial charge on any atom is 0.424 e. The van der Waals surface area contributed by atoms with Crippen LogP contribution in [0.3, 0.4) is 0 Å². The molecule has 0 aliphatic rings. The Hall–Kier alpha value is -1.34. The molecule has 0 aliphatic heterocycles. The standard InChI is InChI=1S/C18H21F3S/c1-3-4-5-6-7-11-14-17(18(19,20)21)15(2)22-16-12-9-8-10-13-16/h8-10,12-13H,3-7H2,1-2H3/b17-15-. The molecule has 0 amide bonds. The van der Waals surface area contributed by atoms with Crippen LogP contribution in [0.25, 0.3) is 0 Å². The Morgan fingerprint density at radius 2 is 1.77 bits per heavy atom. The predicted octanol–water partition coefficient (Wildman–Crippen LogP) is 6.59. The molecule has 0 N–H and O–H groups in total. The maximum absolute atomic E-state index is 13.1. The topological polar surface area (TPSA) is 0 Å². The summed E-state index contributed by atoms with van der Waals surface area (Å²) in [4.78, 5) is 0.978. The summed E-state index contributed by atoms with van der Waals surface area (Å²) in [5.41, 5.74) is -0.725. The molecule has 0 nitrogen and oxygen atoms in total. The van der Waals surface area contributed by atoms with Crippen molar-refractivity contribution in [3.8, 4) is 11.8 Å². The van der Waals surface area contributed by atoms with E-state index < -0.39 is 11.7 Å². The minimum Gasteiger partial charge on any atom is -0.165 e. The summed E-state index contributed by atoms with van der Waals surface area (Å²) in [5, 5.41) is 0. The molecule has 0 atom stereocenters. The van der Waals surface area contributed by atoms with Crippen LogP contribution in [0.4, 0.5) is 13.2 Å². The smallest absolute Gasteiger partial charge is 0.165 e. The van der Waals surface area contributed by atoms with Crippen molar-refractivity contribution in [3.63, 3.8) is 0 Å². The van der Waals surface area contributed by atoms with Crippen molar-refractivity contribution in [3.05, 3.63) is 40.8 Å². The second-order valence-corrected chi connectivity index (χ2v) is 6.24. The lowest BCUT2D eigenvalue weighted by atomic mass is 10.1. The second-order valence-electron chi connectivity index (χ2n) is 4.96. The lowest BCUT2D eigenvalue weighted by Gasteiger charge is -2.10. The van der Waals surface area contributed by atoms with Crippen LogP contribution in [0.2, 0.25) is 0 Å². The third kappa shape index (κ3) is 7.09. The Morgan fingerprint density at radius 3 is 2.36 bits per heavy atom. The fourth-order valence-electron chi connectivity index (χ4n) is 1.87. The van der Waals surface area contributed by atoms with E-state index >= 15 is 0 Å².